The minimum Gasteiger partial charge on any atom is -0.495 e. The van der Waals surface area contributed by atoms with Gasteiger partial charge in [0, 0.05) is 43.5 Å². The second-order valence-electron chi connectivity index (χ2n) is 8.33. The Hall–Kier alpha value is -2.94. The first-order chi connectivity index (χ1) is 16.9. The molecule has 35 heavy (non-hydrogen) atoms. The number of hydrogen-bond donors (Lipinski definition) is 1. The van der Waals surface area contributed by atoms with Crippen molar-refractivity contribution in [3.8, 4) is 17.4 Å². The first-order valence-electron chi connectivity index (χ1n) is 11.2. The van der Waals surface area contributed by atoms with Crippen LogP contribution >= 0.6 is 23.2 Å². The maximum Gasteiger partial charge on any atom is 0.232 e. The number of hydrogen-bond acceptors (Lipinski definition) is 8. The van der Waals surface area contributed by atoms with Crippen LogP contribution < -0.4 is 24.4 Å². The predicted molar refractivity (Wildman–Crippen MR) is 140 cm³/mol. The van der Waals surface area contributed by atoms with Crippen LogP contribution in [0, 0.1) is 6.92 Å². The molecule has 3 aromatic rings. The predicted octanol–water partition coefficient (Wildman–Crippen LogP) is 5.18. The van der Waals surface area contributed by atoms with Crippen molar-refractivity contribution in [2.45, 2.75) is 13.5 Å². The van der Waals surface area contributed by atoms with Crippen molar-refractivity contribution in [2.75, 3.05) is 57.7 Å². The van der Waals surface area contributed by atoms with Gasteiger partial charge in [0.15, 0.2) is 0 Å². The molecule has 10 heteroatoms. The van der Waals surface area contributed by atoms with Gasteiger partial charge in [0.2, 0.25) is 5.88 Å². The van der Waals surface area contributed by atoms with Gasteiger partial charge in [-0.05, 0) is 37.7 Å². The van der Waals surface area contributed by atoms with Gasteiger partial charge >= 0.3 is 0 Å². The normalized spacial score (nSPS) is 14.1. The van der Waals surface area contributed by atoms with E-state index < -0.39 is 0 Å². The Kier molecular flexibility index (Phi) is 8.05. The van der Waals surface area contributed by atoms with Crippen LogP contribution in [0.15, 0.2) is 36.7 Å². The summed E-state index contributed by atoms with van der Waals surface area (Å²) in [6.07, 6.45) is 3.16. The molecular formula is C25H29Cl2N5O3. The van der Waals surface area contributed by atoms with Crippen LogP contribution in [0.25, 0.3) is 0 Å². The summed E-state index contributed by atoms with van der Waals surface area (Å²) in [4.78, 5) is 13.4. The van der Waals surface area contributed by atoms with Crippen molar-refractivity contribution in [2.24, 2.45) is 0 Å². The molecule has 0 aliphatic carbocycles. The number of methoxy groups -OCH3 is 2. The van der Waals surface area contributed by atoms with E-state index in [1.807, 2.05) is 19.1 Å². The van der Waals surface area contributed by atoms with Crippen molar-refractivity contribution >= 4 is 40.4 Å². The van der Waals surface area contributed by atoms with Crippen LogP contribution in [0.2, 0.25) is 10.0 Å². The highest BCUT2D eigenvalue weighted by atomic mass is 35.5. The van der Waals surface area contributed by atoms with Gasteiger partial charge in [0.1, 0.15) is 23.9 Å². The summed E-state index contributed by atoms with van der Waals surface area (Å²) in [7, 11) is 5.39. The fourth-order valence-corrected chi connectivity index (χ4v) is 4.43. The van der Waals surface area contributed by atoms with Gasteiger partial charge in [-0.1, -0.05) is 23.2 Å². The fourth-order valence-electron chi connectivity index (χ4n) is 3.89. The van der Waals surface area contributed by atoms with Crippen LogP contribution in [0.3, 0.4) is 0 Å². The Morgan fingerprint density at radius 1 is 0.943 bits per heavy atom. The lowest BCUT2D eigenvalue weighted by atomic mass is 10.1. The van der Waals surface area contributed by atoms with E-state index in [0.29, 0.717) is 33.1 Å². The van der Waals surface area contributed by atoms with E-state index in [0.717, 1.165) is 48.9 Å². The Balaban J connectivity index is 1.41. The zero-order chi connectivity index (χ0) is 24.9. The SMILES string of the molecule is COc1cc(Nc2cnc(OCc3c(Cl)c(C)cc(OC)c3Cl)cn2)ccc1N1CCN(C)CC1. The van der Waals surface area contributed by atoms with Crippen LogP contribution in [0.1, 0.15) is 11.1 Å². The van der Waals surface area contributed by atoms with Gasteiger partial charge in [0.25, 0.3) is 0 Å². The summed E-state index contributed by atoms with van der Waals surface area (Å²) in [5.74, 6) is 2.30. The molecule has 0 atom stereocenters. The molecule has 8 nitrogen and oxygen atoms in total. The molecule has 0 unspecified atom stereocenters. The van der Waals surface area contributed by atoms with E-state index in [9.17, 15) is 0 Å². The van der Waals surface area contributed by atoms with E-state index >= 15 is 0 Å². The smallest absolute Gasteiger partial charge is 0.232 e. The lowest BCUT2D eigenvalue weighted by molar-refractivity contribution is 0.292. The standard InChI is InChI=1S/C25H29Cl2N5O3/c1-16-11-21(34-4)25(27)18(24(16)26)15-35-23-14-28-22(13-29-23)30-17-5-6-19(20(12-17)33-3)32-9-7-31(2)8-10-32/h5-6,11-14H,7-10,15H2,1-4H3,(H,28,30). The minimum absolute atomic E-state index is 0.141. The highest BCUT2D eigenvalue weighted by molar-refractivity contribution is 6.37. The van der Waals surface area contributed by atoms with Gasteiger partial charge in [0.05, 0.1) is 42.3 Å². The molecule has 0 saturated carbocycles. The number of nitrogens with one attached hydrogen (secondary N) is 1. The quantitative estimate of drug-likeness (QED) is 0.437. The van der Waals surface area contributed by atoms with Gasteiger partial charge in [-0.25, -0.2) is 9.97 Å². The number of halogens is 2. The van der Waals surface area contributed by atoms with E-state index in [1.165, 1.54) is 0 Å². The molecule has 0 spiro atoms. The lowest BCUT2D eigenvalue weighted by Crippen LogP contribution is -2.44. The third-order valence-electron chi connectivity index (χ3n) is 5.95. The van der Waals surface area contributed by atoms with Gasteiger partial charge in [-0.15, -0.1) is 0 Å². The number of rotatable bonds is 8. The lowest BCUT2D eigenvalue weighted by Gasteiger charge is -2.34. The number of ether oxygens (including phenoxy) is 3. The second-order valence-corrected chi connectivity index (χ2v) is 9.09. The molecule has 4 rings (SSSR count). The maximum absolute atomic E-state index is 6.42. The van der Waals surface area contributed by atoms with E-state index in [2.05, 4.69) is 38.2 Å². The van der Waals surface area contributed by atoms with E-state index in [-0.39, 0.29) is 6.61 Å². The van der Waals surface area contributed by atoms with E-state index in [1.54, 1.807) is 32.7 Å². The third kappa shape index (κ3) is 5.83. The molecule has 1 aromatic heterocycles. The number of anilines is 3. The van der Waals surface area contributed by atoms with Crippen molar-refractivity contribution in [1.29, 1.82) is 0 Å². The summed E-state index contributed by atoms with van der Waals surface area (Å²) >= 11 is 12.8. The molecular weight excluding hydrogens is 489 g/mol. The largest absolute Gasteiger partial charge is 0.495 e. The van der Waals surface area contributed by atoms with Crippen molar-refractivity contribution in [3.05, 3.63) is 57.8 Å². The molecule has 0 amide bonds. The molecule has 1 fully saturated rings. The number of likely N-dealkylation sites (N-methyl/N-ethyl adjacent to an activating group) is 1. The minimum atomic E-state index is 0.141. The van der Waals surface area contributed by atoms with Crippen LogP contribution in [0.4, 0.5) is 17.2 Å². The molecule has 186 valence electrons. The topological polar surface area (TPSA) is 72.0 Å². The Morgan fingerprint density at radius 3 is 2.34 bits per heavy atom. The molecule has 1 N–H and O–H groups in total. The van der Waals surface area contributed by atoms with Crippen molar-refractivity contribution < 1.29 is 14.2 Å². The van der Waals surface area contributed by atoms with Crippen LogP contribution in [0.5, 0.6) is 17.4 Å². The molecule has 1 aliphatic heterocycles. The number of piperazine rings is 1. The molecule has 0 bridgehead atoms. The molecule has 1 aliphatic rings. The monoisotopic (exact) mass is 517 g/mol. The number of aromatic nitrogens is 2. The van der Waals surface area contributed by atoms with Crippen molar-refractivity contribution in [3.63, 3.8) is 0 Å². The van der Waals surface area contributed by atoms with Gasteiger partial charge in [-0.3, -0.25) is 0 Å². The Labute approximate surface area is 215 Å². The van der Waals surface area contributed by atoms with Crippen LogP contribution in [-0.2, 0) is 6.61 Å². The average molecular weight is 518 g/mol. The third-order valence-corrected chi connectivity index (χ3v) is 6.89. The Morgan fingerprint density at radius 2 is 1.69 bits per heavy atom. The van der Waals surface area contributed by atoms with Crippen molar-refractivity contribution in [1.82, 2.24) is 14.9 Å². The number of aryl methyl sites for hydroxylation is 1. The summed E-state index contributed by atoms with van der Waals surface area (Å²) in [6, 6.07) is 7.84. The Bertz CT molecular complexity index is 1170. The van der Waals surface area contributed by atoms with Gasteiger partial charge in [-0.2, -0.15) is 0 Å². The molecule has 2 heterocycles. The highest BCUT2D eigenvalue weighted by Gasteiger charge is 2.18. The first kappa shape index (κ1) is 25.2. The van der Waals surface area contributed by atoms with Crippen LogP contribution in [-0.4, -0.2) is 62.3 Å². The summed E-state index contributed by atoms with van der Waals surface area (Å²) in [6.45, 7) is 6.03. The molecule has 1 saturated heterocycles. The summed E-state index contributed by atoms with van der Waals surface area (Å²) in [5, 5.41) is 4.22. The van der Waals surface area contributed by atoms with Gasteiger partial charge < -0.3 is 29.3 Å². The van der Waals surface area contributed by atoms with E-state index in [4.69, 9.17) is 37.4 Å². The molecule has 2 aromatic carbocycles. The average Bonchev–Trinajstić information content (AvgIpc) is 2.87. The fraction of sp³-hybridized carbons (Fsp3) is 0.360. The summed E-state index contributed by atoms with van der Waals surface area (Å²) < 4.78 is 16.8. The number of benzene rings is 2. The zero-order valence-electron chi connectivity index (χ0n) is 20.3. The number of nitrogens with zero attached hydrogens (tertiary/aromatic N) is 4. The summed E-state index contributed by atoms with van der Waals surface area (Å²) in [5.41, 5.74) is 3.44. The second kappa shape index (κ2) is 11.2. The molecule has 0 radical (unpaired) electrons. The highest BCUT2D eigenvalue weighted by Crippen LogP contribution is 2.37. The first-order valence-corrected chi connectivity index (χ1v) is 12.0. The zero-order valence-corrected chi connectivity index (χ0v) is 21.8. The maximum atomic E-state index is 6.42.